The molecule has 0 unspecified atom stereocenters. The minimum Gasteiger partial charge on any atom is -0.486 e. The van der Waals surface area contributed by atoms with Gasteiger partial charge in [-0.2, -0.15) is 0 Å². The lowest BCUT2D eigenvalue weighted by atomic mass is 9.97. The van der Waals surface area contributed by atoms with Crippen molar-refractivity contribution in [3.05, 3.63) is 88.0 Å². The summed E-state index contributed by atoms with van der Waals surface area (Å²) in [6, 6.07) is 13.1. The molecule has 0 spiro atoms. The van der Waals surface area contributed by atoms with Crippen molar-refractivity contribution < 1.29 is 19.1 Å². The third-order valence-corrected chi connectivity index (χ3v) is 7.85. The number of esters is 1. The molecule has 11 heteroatoms. The number of amides is 1. The van der Waals surface area contributed by atoms with Crippen LogP contribution in [0.25, 0.3) is 11.1 Å². The zero-order valence-electron chi connectivity index (χ0n) is 21.7. The molecule has 0 aliphatic heterocycles. The normalized spacial score (nSPS) is 10.8. The Hall–Kier alpha value is -3.60. The number of carbonyl (C=O) groups is 2. The zero-order chi connectivity index (χ0) is 27.9. The highest BCUT2D eigenvalue weighted by Gasteiger charge is 2.24. The van der Waals surface area contributed by atoms with Crippen molar-refractivity contribution >= 4 is 51.6 Å². The van der Waals surface area contributed by atoms with Crippen molar-refractivity contribution in [2.45, 2.75) is 32.2 Å². The Kier molecular flexibility index (Phi) is 9.45. The fourth-order valence-corrected chi connectivity index (χ4v) is 5.65. The van der Waals surface area contributed by atoms with Gasteiger partial charge in [0.15, 0.2) is 11.0 Å². The maximum atomic E-state index is 12.9. The van der Waals surface area contributed by atoms with Crippen molar-refractivity contribution in [2.24, 2.45) is 0 Å². The first-order valence-corrected chi connectivity index (χ1v) is 14.2. The number of ether oxygens (including phenoxy) is 2. The predicted octanol–water partition coefficient (Wildman–Crippen LogP) is 6.56. The van der Waals surface area contributed by atoms with Crippen LogP contribution < -0.4 is 10.1 Å². The lowest BCUT2D eigenvalue weighted by molar-refractivity contribution is -0.113. The molecular formula is C28H27ClN4O4S2. The van der Waals surface area contributed by atoms with Crippen LogP contribution >= 0.6 is 34.7 Å². The molecule has 0 fully saturated rings. The Morgan fingerprint density at radius 1 is 1.15 bits per heavy atom. The van der Waals surface area contributed by atoms with Gasteiger partial charge in [0.25, 0.3) is 0 Å². The quantitative estimate of drug-likeness (QED) is 0.122. The molecule has 8 nitrogen and oxygen atoms in total. The summed E-state index contributed by atoms with van der Waals surface area (Å²) in [5.74, 6) is 0.513. The Balaban J connectivity index is 1.47. The molecule has 1 N–H and O–H groups in total. The number of hydrogen-bond acceptors (Lipinski definition) is 8. The number of anilines is 1. The Morgan fingerprint density at radius 3 is 2.64 bits per heavy atom. The number of carbonyl (C=O) groups excluding carboxylic acids is 2. The third kappa shape index (κ3) is 6.89. The number of thioether (sulfide) groups is 1. The Morgan fingerprint density at radius 2 is 1.92 bits per heavy atom. The fourth-order valence-electron chi connectivity index (χ4n) is 3.80. The number of halogens is 1. The van der Waals surface area contributed by atoms with Gasteiger partial charge in [0.1, 0.15) is 22.9 Å². The van der Waals surface area contributed by atoms with Crippen LogP contribution in [0.2, 0.25) is 5.02 Å². The topological polar surface area (TPSA) is 95.3 Å². The first-order valence-electron chi connectivity index (χ1n) is 11.9. The predicted molar refractivity (Wildman–Crippen MR) is 156 cm³/mol. The maximum Gasteiger partial charge on any atom is 0.341 e. The van der Waals surface area contributed by atoms with E-state index in [1.165, 1.54) is 30.2 Å². The second-order valence-electron chi connectivity index (χ2n) is 8.54. The molecule has 39 heavy (non-hydrogen) atoms. The van der Waals surface area contributed by atoms with E-state index in [1.54, 1.807) is 30.3 Å². The van der Waals surface area contributed by atoms with E-state index in [-0.39, 0.29) is 18.3 Å². The van der Waals surface area contributed by atoms with Crippen molar-refractivity contribution in [2.75, 3.05) is 18.2 Å². The molecule has 4 rings (SSSR count). The van der Waals surface area contributed by atoms with Crippen molar-refractivity contribution in [3.8, 4) is 16.9 Å². The molecule has 2 aromatic carbocycles. The van der Waals surface area contributed by atoms with Crippen LogP contribution in [0.5, 0.6) is 5.75 Å². The number of aromatic nitrogens is 3. The lowest BCUT2D eigenvalue weighted by Crippen LogP contribution is -2.16. The third-order valence-electron chi connectivity index (χ3n) is 5.74. The molecule has 0 radical (unpaired) electrons. The maximum absolute atomic E-state index is 12.9. The van der Waals surface area contributed by atoms with E-state index in [9.17, 15) is 9.59 Å². The molecule has 0 saturated carbocycles. The lowest BCUT2D eigenvalue weighted by Gasteiger charge is -2.11. The largest absolute Gasteiger partial charge is 0.486 e. The first kappa shape index (κ1) is 28.4. The first-order chi connectivity index (χ1) is 18.8. The summed E-state index contributed by atoms with van der Waals surface area (Å²) in [5.41, 5.74) is 4.08. The van der Waals surface area contributed by atoms with Crippen LogP contribution in [-0.2, 0) is 22.7 Å². The number of nitrogens with zero attached hydrogens (tertiary/aromatic N) is 3. The summed E-state index contributed by atoms with van der Waals surface area (Å²) in [6.07, 6.45) is 1.72. The van der Waals surface area contributed by atoms with E-state index in [0.29, 0.717) is 38.9 Å². The van der Waals surface area contributed by atoms with Crippen LogP contribution in [-0.4, -0.2) is 39.5 Å². The molecule has 2 aromatic heterocycles. The molecule has 0 atom stereocenters. The molecule has 0 aliphatic carbocycles. The number of methoxy groups -OCH3 is 1. The summed E-state index contributed by atoms with van der Waals surface area (Å²) < 4.78 is 12.7. The van der Waals surface area contributed by atoms with Gasteiger partial charge in [0, 0.05) is 22.5 Å². The highest BCUT2D eigenvalue weighted by atomic mass is 35.5. The van der Waals surface area contributed by atoms with Gasteiger partial charge in [-0.1, -0.05) is 53.2 Å². The van der Waals surface area contributed by atoms with Crippen LogP contribution in [0.3, 0.4) is 0 Å². The monoisotopic (exact) mass is 582 g/mol. The Bertz CT molecular complexity index is 1500. The summed E-state index contributed by atoms with van der Waals surface area (Å²) in [4.78, 5) is 25.7. The highest BCUT2D eigenvalue weighted by Crippen LogP contribution is 2.38. The number of thiophene rings is 1. The van der Waals surface area contributed by atoms with E-state index in [0.717, 1.165) is 22.3 Å². The zero-order valence-corrected chi connectivity index (χ0v) is 24.1. The smallest absolute Gasteiger partial charge is 0.341 e. The summed E-state index contributed by atoms with van der Waals surface area (Å²) >= 11 is 8.45. The van der Waals surface area contributed by atoms with Gasteiger partial charge in [-0.25, -0.2) is 4.79 Å². The van der Waals surface area contributed by atoms with E-state index in [2.05, 4.69) is 22.1 Å². The van der Waals surface area contributed by atoms with E-state index in [1.807, 2.05) is 42.0 Å². The van der Waals surface area contributed by atoms with E-state index in [4.69, 9.17) is 21.1 Å². The number of benzene rings is 2. The average molecular weight is 583 g/mol. The second-order valence-corrected chi connectivity index (χ2v) is 10.8. The average Bonchev–Trinajstić information content (AvgIpc) is 3.52. The van der Waals surface area contributed by atoms with E-state index < -0.39 is 5.97 Å². The molecule has 2 heterocycles. The van der Waals surface area contributed by atoms with Gasteiger partial charge in [-0.3, -0.25) is 9.36 Å². The molecule has 0 aliphatic rings. The molecule has 4 aromatic rings. The summed E-state index contributed by atoms with van der Waals surface area (Å²) in [5, 5.41) is 14.8. The minimum absolute atomic E-state index is 0.0602. The number of allylic oxidation sites excluding steroid dienone is 1. The molecule has 0 bridgehead atoms. The van der Waals surface area contributed by atoms with E-state index >= 15 is 0 Å². The molecule has 0 saturated heterocycles. The summed E-state index contributed by atoms with van der Waals surface area (Å²) in [6.45, 7) is 8.42. The minimum atomic E-state index is -0.508. The highest BCUT2D eigenvalue weighted by molar-refractivity contribution is 7.99. The number of hydrogen-bond donors (Lipinski definition) is 1. The number of rotatable bonds is 11. The van der Waals surface area contributed by atoms with Gasteiger partial charge in [-0.15, -0.1) is 28.1 Å². The van der Waals surface area contributed by atoms with Gasteiger partial charge >= 0.3 is 5.97 Å². The molecule has 202 valence electrons. The van der Waals surface area contributed by atoms with Gasteiger partial charge in [-0.05, 0) is 49.2 Å². The number of nitrogens with one attached hydrogen (secondary N) is 1. The number of aryl methyl sites for hydroxylation is 2. The second kappa shape index (κ2) is 13.0. The molecular weight excluding hydrogens is 556 g/mol. The van der Waals surface area contributed by atoms with Crippen molar-refractivity contribution in [1.29, 1.82) is 0 Å². The van der Waals surface area contributed by atoms with Gasteiger partial charge < -0.3 is 14.8 Å². The van der Waals surface area contributed by atoms with Gasteiger partial charge in [0.2, 0.25) is 5.91 Å². The van der Waals surface area contributed by atoms with Gasteiger partial charge in [0.05, 0.1) is 12.9 Å². The van der Waals surface area contributed by atoms with Crippen LogP contribution in [0.4, 0.5) is 5.00 Å². The summed E-state index contributed by atoms with van der Waals surface area (Å²) in [7, 11) is 1.33. The Labute approximate surface area is 240 Å². The van der Waals surface area contributed by atoms with Crippen LogP contribution in [0.1, 0.15) is 27.3 Å². The standard InChI is InChI=1S/C28H27ClN4O4S2/c1-5-12-33-23(14-37-20-10-8-19(29)9-11-20)31-32-28(33)39-16-24(34)30-26-25(27(35)36-4)22(15-38-26)21-13-17(2)6-7-18(21)3/h5-11,13,15H,1,12,14,16H2,2-4H3,(H,30,34). The van der Waals surface area contributed by atoms with Crippen molar-refractivity contribution in [3.63, 3.8) is 0 Å². The van der Waals surface area contributed by atoms with Crippen LogP contribution in [0, 0.1) is 13.8 Å². The van der Waals surface area contributed by atoms with Crippen molar-refractivity contribution in [1.82, 2.24) is 14.8 Å². The fraction of sp³-hybridized carbons (Fsp3) is 0.214. The van der Waals surface area contributed by atoms with Crippen LogP contribution in [0.15, 0.2) is 65.7 Å². The molecule has 1 amide bonds. The SMILES string of the molecule is C=CCn1c(COc2ccc(Cl)cc2)nnc1SCC(=O)Nc1scc(-c2cc(C)ccc2C)c1C(=O)OC.